The summed E-state index contributed by atoms with van der Waals surface area (Å²) in [6.07, 6.45) is -0.192. The highest BCUT2D eigenvalue weighted by Crippen LogP contribution is 2.33. The standard InChI is InChI=1S/C16H16F4N2O3/c17-13-3-1-2-12(16(18,19)20)14(13)15(23)22-11(4-6-21)8-10-5-7-24-25-9-10/h1-3,5,7,9,11H,4,6,8,21H2,(H,22,23)/t11-/m1/s1. The number of hydrogen-bond acceptors (Lipinski definition) is 4. The first-order valence-corrected chi connectivity index (χ1v) is 7.37. The van der Waals surface area contributed by atoms with Crippen LogP contribution in [0.25, 0.3) is 0 Å². The molecule has 1 aliphatic heterocycles. The number of amides is 1. The first-order chi connectivity index (χ1) is 11.8. The molecule has 0 radical (unpaired) electrons. The van der Waals surface area contributed by atoms with Crippen LogP contribution >= 0.6 is 0 Å². The third-order valence-corrected chi connectivity index (χ3v) is 3.47. The average Bonchev–Trinajstić information content (AvgIpc) is 2.54. The Morgan fingerprint density at radius 2 is 2.04 bits per heavy atom. The Balaban J connectivity index is 2.21. The number of carbonyl (C=O) groups excluding carboxylic acids is 1. The molecule has 1 atom stereocenters. The molecule has 2 rings (SSSR count). The molecule has 5 nitrogen and oxygen atoms in total. The number of alkyl halides is 3. The Hall–Kier alpha value is -2.55. The zero-order valence-corrected chi connectivity index (χ0v) is 13.0. The van der Waals surface area contributed by atoms with E-state index in [-0.39, 0.29) is 19.4 Å². The third kappa shape index (κ3) is 4.96. The predicted octanol–water partition coefficient (Wildman–Crippen LogP) is 3.04. The molecule has 1 amide bonds. The van der Waals surface area contributed by atoms with Crippen molar-refractivity contribution in [3.8, 4) is 0 Å². The van der Waals surface area contributed by atoms with E-state index in [4.69, 9.17) is 5.73 Å². The maximum absolute atomic E-state index is 13.9. The summed E-state index contributed by atoms with van der Waals surface area (Å²) in [6, 6.07) is 1.77. The summed E-state index contributed by atoms with van der Waals surface area (Å²) in [6.45, 7) is 0.183. The maximum Gasteiger partial charge on any atom is 0.417 e. The van der Waals surface area contributed by atoms with Gasteiger partial charge in [-0.15, -0.1) is 0 Å². The first kappa shape index (κ1) is 18.8. The molecule has 0 saturated heterocycles. The van der Waals surface area contributed by atoms with Crippen LogP contribution in [-0.4, -0.2) is 18.5 Å². The van der Waals surface area contributed by atoms with Crippen LogP contribution in [0.2, 0.25) is 0 Å². The molecule has 0 spiro atoms. The van der Waals surface area contributed by atoms with Crippen molar-refractivity contribution in [2.75, 3.05) is 6.54 Å². The zero-order chi connectivity index (χ0) is 18.4. The summed E-state index contributed by atoms with van der Waals surface area (Å²) in [4.78, 5) is 21.4. The van der Waals surface area contributed by atoms with E-state index < -0.39 is 35.1 Å². The Kier molecular flexibility index (Phi) is 6.02. The SMILES string of the molecule is NCC[C@H](CC1=COOC=C1)NC(=O)c1c(F)cccc1C(F)(F)F. The van der Waals surface area contributed by atoms with E-state index in [2.05, 4.69) is 15.1 Å². The molecule has 1 aromatic rings. The van der Waals surface area contributed by atoms with Crippen LogP contribution in [0.5, 0.6) is 0 Å². The molecule has 3 N–H and O–H groups in total. The second kappa shape index (κ2) is 8.02. The van der Waals surface area contributed by atoms with Crippen molar-refractivity contribution in [3.05, 3.63) is 59.3 Å². The molecule has 0 unspecified atom stereocenters. The highest BCUT2D eigenvalue weighted by Gasteiger charge is 2.37. The molecular weight excluding hydrogens is 344 g/mol. The minimum atomic E-state index is -4.85. The van der Waals surface area contributed by atoms with Crippen LogP contribution in [0, 0.1) is 5.82 Å². The van der Waals surface area contributed by atoms with Gasteiger partial charge in [-0.2, -0.15) is 13.2 Å². The van der Waals surface area contributed by atoms with E-state index in [9.17, 15) is 22.4 Å². The topological polar surface area (TPSA) is 73.6 Å². The van der Waals surface area contributed by atoms with E-state index in [1.165, 1.54) is 12.5 Å². The van der Waals surface area contributed by atoms with Crippen molar-refractivity contribution in [1.29, 1.82) is 0 Å². The van der Waals surface area contributed by atoms with Gasteiger partial charge in [0.1, 0.15) is 18.3 Å². The number of allylic oxidation sites excluding steroid dienone is 1. The van der Waals surface area contributed by atoms with Gasteiger partial charge in [-0.1, -0.05) is 6.07 Å². The minimum absolute atomic E-state index is 0.183. The van der Waals surface area contributed by atoms with E-state index in [0.29, 0.717) is 11.6 Å². The van der Waals surface area contributed by atoms with Gasteiger partial charge >= 0.3 is 6.18 Å². The lowest BCUT2D eigenvalue weighted by molar-refractivity contribution is -0.199. The van der Waals surface area contributed by atoms with Gasteiger partial charge in [-0.05, 0) is 43.2 Å². The Labute approximate surface area is 141 Å². The van der Waals surface area contributed by atoms with Gasteiger partial charge in [0.2, 0.25) is 0 Å². The Morgan fingerprint density at radius 3 is 2.64 bits per heavy atom. The predicted molar refractivity (Wildman–Crippen MR) is 80.3 cm³/mol. The summed E-state index contributed by atoms with van der Waals surface area (Å²) in [5, 5.41) is 2.40. The second-order valence-electron chi connectivity index (χ2n) is 5.30. The molecule has 0 bridgehead atoms. The number of nitrogens with one attached hydrogen (secondary N) is 1. The fourth-order valence-electron chi connectivity index (χ4n) is 2.35. The summed E-state index contributed by atoms with van der Waals surface area (Å²) < 4.78 is 53.0. The van der Waals surface area contributed by atoms with Gasteiger partial charge in [0.25, 0.3) is 5.91 Å². The van der Waals surface area contributed by atoms with Crippen molar-refractivity contribution in [2.24, 2.45) is 5.73 Å². The van der Waals surface area contributed by atoms with Crippen LogP contribution in [0.3, 0.4) is 0 Å². The van der Waals surface area contributed by atoms with Crippen molar-refractivity contribution >= 4 is 5.91 Å². The van der Waals surface area contributed by atoms with E-state index >= 15 is 0 Å². The number of rotatable bonds is 6. The summed E-state index contributed by atoms with van der Waals surface area (Å²) in [7, 11) is 0. The highest BCUT2D eigenvalue weighted by molar-refractivity contribution is 5.96. The quantitative estimate of drug-likeness (QED) is 0.604. The number of carbonyl (C=O) groups is 1. The number of hydrogen-bond donors (Lipinski definition) is 2. The van der Waals surface area contributed by atoms with Crippen molar-refractivity contribution < 1.29 is 32.1 Å². The lowest BCUT2D eigenvalue weighted by Gasteiger charge is -2.21. The second-order valence-corrected chi connectivity index (χ2v) is 5.30. The highest BCUT2D eigenvalue weighted by atomic mass is 19.4. The maximum atomic E-state index is 13.9. The Bertz CT molecular complexity index is 686. The molecule has 1 aliphatic rings. The summed E-state index contributed by atoms with van der Waals surface area (Å²) in [5.74, 6) is -2.39. The van der Waals surface area contributed by atoms with Crippen molar-refractivity contribution in [1.82, 2.24) is 5.32 Å². The molecular formula is C16H16F4N2O3. The molecule has 0 saturated carbocycles. The fraction of sp³-hybridized carbons (Fsp3) is 0.312. The molecule has 0 fully saturated rings. The Morgan fingerprint density at radius 1 is 1.28 bits per heavy atom. The van der Waals surface area contributed by atoms with Gasteiger partial charge < -0.3 is 11.1 Å². The van der Waals surface area contributed by atoms with Gasteiger partial charge in [-0.3, -0.25) is 14.6 Å². The molecule has 1 aromatic carbocycles. The van der Waals surface area contributed by atoms with Crippen LogP contribution < -0.4 is 11.1 Å². The monoisotopic (exact) mass is 360 g/mol. The third-order valence-electron chi connectivity index (χ3n) is 3.47. The van der Waals surface area contributed by atoms with Gasteiger partial charge in [0.05, 0.1) is 11.1 Å². The van der Waals surface area contributed by atoms with Crippen LogP contribution in [0.1, 0.15) is 28.8 Å². The van der Waals surface area contributed by atoms with Gasteiger partial charge in [0, 0.05) is 6.04 Å². The van der Waals surface area contributed by atoms with Crippen LogP contribution in [0.15, 0.2) is 42.4 Å². The molecule has 1 heterocycles. The van der Waals surface area contributed by atoms with Crippen molar-refractivity contribution in [2.45, 2.75) is 25.1 Å². The summed E-state index contributed by atoms with van der Waals surface area (Å²) >= 11 is 0. The van der Waals surface area contributed by atoms with E-state index in [1.54, 1.807) is 6.08 Å². The zero-order valence-electron chi connectivity index (χ0n) is 13.0. The molecule has 25 heavy (non-hydrogen) atoms. The van der Waals surface area contributed by atoms with E-state index in [0.717, 1.165) is 12.1 Å². The molecule has 9 heteroatoms. The lowest BCUT2D eigenvalue weighted by atomic mass is 10.0. The molecule has 0 aliphatic carbocycles. The van der Waals surface area contributed by atoms with Crippen LogP contribution in [0.4, 0.5) is 17.6 Å². The van der Waals surface area contributed by atoms with Crippen molar-refractivity contribution in [3.63, 3.8) is 0 Å². The normalized spacial score (nSPS) is 15.0. The minimum Gasteiger partial charge on any atom is -0.349 e. The van der Waals surface area contributed by atoms with Gasteiger partial charge in [0.15, 0.2) is 0 Å². The fourth-order valence-corrected chi connectivity index (χ4v) is 2.35. The first-order valence-electron chi connectivity index (χ1n) is 7.37. The molecule has 136 valence electrons. The smallest absolute Gasteiger partial charge is 0.349 e. The van der Waals surface area contributed by atoms with E-state index in [1.807, 2.05) is 0 Å². The lowest BCUT2D eigenvalue weighted by Crippen LogP contribution is -2.38. The largest absolute Gasteiger partial charge is 0.417 e. The number of halogens is 4. The van der Waals surface area contributed by atoms with Crippen LogP contribution in [-0.2, 0) is 16.0 Å². The van der Waals surface area contributed by atoms with Gasteiger partial charge in [-0.25, -0.2) is 4.39 Å². The summed E-state index contributed by atoms with van der Waals surface area (Å²) in [5.41, 5.74) is 3.75. The molecule has 0 aromatic heterocycles. The number of benzene rings is 1. The number of nitrogens with two attached hydrogens (primary N) is 1. The average molecular weight is 360 g/mol.